The number of rotatable bonds is 5. The van der Waals surface area contributed by atoms with Crippen LogP contribution in [0.4, 0.5) is 17.6 Å². The molecular formula is C10H12BrF4NO4S. The first-order chi connectivity index (χ1) is 9.51. The van der Waals surface area contributed by atoms with Gasteiger partial charge in [0.15, 0.2) is 9.84 Å². The van der Waals surface area contributed by atoms with Gasteiger partial charge in [-0.25, -0.2) is 17.2 Å². The summed E-state index contributed by atoms with van der Waals surface area (Å²) < 4.78 is 73.7. The second kappa shape index (κ2) is 6.59. The lowest BCUT2D eigenvalue weighted by atomic mass is 10.1. The molecule has 1 aliphatic rings. The van der Waals surface area contributed by atoms with Crippen LogP contribution in [0.15, 0.2) is 0 Å². The van der Waals surface area contributed by atoms with Crippen molar-refractivity contribution in [2.24, 2.45) is 0 Å². The van der Waals surface area contributed by atoms with Crippen molar-refractivity contribution in [2.75, 3.05) is 23.4 Å². The SMILES string of the molecule is O=C(CBr)CC1CS(=O)(=O)CCN1C(=O)C(F)(F)C(F)F. The number of sulfone groups is 1. The Labute approximate surface area is 126 Å². The fourth-order valence-corrected chi connectivity index (χ4v) is 3.68. The van der Waals surface area contributed by atoms with Gasteiger partial charge in [-0.2, -0.15) is 8.78 Å². The predicted molar refractivity (Wildman–Crippen MR) is 68.5 cm³/mol. The van der Waals surface area contributed by atoms with E-state index in [0.29, 0.717) is 4.90 Å². The number of Topliss-reactive ketones (excluding diaryl/α,β-unsaturated/α-hetero) is 1. The van der Waals surface area contributed by atoms with Gasteiger partial charge < -0.3 is 4.90 Å². The molecule has 1 amide bonds. The highest BCUT2D eigenvalue weighted by Gasteiger charge is 2.53. The summed E-state index contributed by atoms with van der Waals surface area (Å²) >= 11 is 2.82. The van der Waals surface area contributed by atoms with Crippen molar-refractivity contribution in [1.82, 2.24) is 4.90 Å². The Kier molecular flexibility index (Phi) is 5.76. The summed E-state index contributed by atoms with van der Waals surface area (Å²) in [5.41, 5.74) is 0. The third-order valence-electron chi connectivity index (χ3n) is 2.96. The smallest absolute Gasteiger partial charge is 0.332 e. The van der Waals surface area contributed by atoms with Gasteiger partial charge in [-0.3, -0.25) is 9.59 Å². The van der Waals surface area contributed by atoms with Crippen LogP contribution in [-0.2, 0) is 19.4 Å². The molecule has 0 spiro atoms. The molecule has 1 aliphatic heterocycles. The molecule has 21 heavy (non-hydrogen) atoms. The van der Waals surface area contributed by atoms with Gasteiger partial charge in [0, 0.05) is 13.0 Å². The van der Waals surface area contributed by atoms with Crippen LogP contribution in [0.5, 0.6) is 0 Å². The Hall–Kier alpha value is -0.710. The molecule has 0 aromatic heterocycles. The van der Waals surface area contributed by atoms with Crippen LogP contribution in [0.1, 0.15) is 6.42 Å². The average molecular weight is 398 g/mol. The fourth-order valence-electron chi connectivity index (χ4n) is 1.93. The van der Waals surface area contributed by atoms with E-state index in [0.717, 1.165) is 0 Å². The lowest BCUT2D eigenvalue weighted by Gasteiger charge is -2.36. The summed E-state index contributed by atoms with van der Waals surface area (Å²) in [5, 5.41) is -0.156. The third-order valence-corrected chi connectivity index (χ3v) is 5.29. The lowest BCUT2D eigenvalue weighted by molar-refractivity contribution is -0.182. The van der Waals surface area contributed by atoms with Crippen LogP contribution in [-0.4, -0.2) is 66.8 Å². The summed E-state index contributed by atoms with van der Waals surface area (Å²) in [7, 11) is -3.61. The minimum Gasteiger partial charge on any atom is -0.332 e. The fraction of sp³-hybridized carbons (Fsp3) is 0.800. The highest BCUT2D eigenvalue weighted by molar-refractivity contribution is 9.09. The molecule has 1 atom stereocenters. The van der Waals surface area contributed by atoms with Gasteiger partial charge >= 0.3 is 12.3 Å². The standard InChI is InChI=1S/C10H12BrF4NO4S/c11-4-7(17)3-6-5-21(19,20)2-1-16(6)9(18)10(14,15)8(12)13/h6,8H,1-5H2. The summed E-state index contributed by atoms with van der Waals surface area (Å²) in [6.45, 7) is -0.635. The largest absolute Gasteiger partial charge is 0.383 e. The molecule has 0 radical (unpaired) electrons. The highest BCUT2D eigenvalue weighted by atomic mass is 79.9. The number of alkyl halides is 5. The second-order valence-electron chi connectivity index (χ2n) is 4.57. The third kappa shape index (κ3) is 4.38. The Morgan fingerprint density at radius 1 is 1.33 bits per heavy atom. The molecule has 0 aromatic rings. The molecule has 0 aromatic carbocycles. The van der Waals surface area contributed by atoms with E-state index in [2.05, 4.69) is 15.9 Å². The van der Waals surface area contributed by atoms with Gasteiger partial charge in [0.05, 0.1) is 22.9 Å². The van der Waals surface area contributed by atoms with E-state index >= 15 is 0 Å². The monoisotopic (exact) mass is 397 g/mol. The summed E-state index contributed by atoms with van der Waals surface area (Å²) in [6.07, 6.45) is -4.69. The first-order valence-electron chi connectivity index (χ1n) is 5.76. The number of carbonyl (C=O) groups is 2. The van der Waals surface area contributed by atoms with Crippen molar-refractivity contribution >= 4 is 37.5 Å². The minimum atomic E-state index is -4.91. The van der Waals surface area contributed by atoms with Crippen LogP contribution in [0, 0.1) is 0 Å². The number of hydrogen-bond donors (Lipinski definition) is 0. The maximum atomic E-state index is 13.1. The molecular weight excluding hydrogens is 386 g/mol. The molecule has 122 valence electrons. The zero-order chi connectivity index (χ0) is 16.4. The Morgan fingerprint density at radius 2 is 1.90 bits per heavy atom. The molecule has 1 rings (SSSR count). The number of amides is 1. The van der Waals surface area contributed by atoms with Gasteiger partial charge in [-0.05, 0) is 0 Å². The molecule has 1 saturated heterocycles. The number of carbonyl (C=O) groups excluding carboxylic acids is 2. The van der Waals surface area contributed by atoms with Crippen molar-refractivity contribution in [2.45, 2.75) is 24.8 Å². The van der Waals surface area contributed by atoms with Crippen molar-refractivity contribution < 1.29 is 35.6 Å². The van der Waals surface area contributed by atoms with Crippen LogP contribution in [0.2, 0.25) is 0 Å². The quantitative estimate of drug-likeness (QED) is 0.509. The first kappa shape index (κ1) is 18.3. The minimum absolute atomic E-state index is 0.156. The number of halogens is 5. The highest BCUT2D eigenvalue weighted by Crippen LogP contribution is 2.28. The predicted octanol–water partition coefficient (Wildman–Crippen LogP) is 0.866. The summed E-state index contributed by atoms with van der Waals surface area (Å²) in [6, 6.07) is -1.36. The molecule has 0 N–H and O–H groups in total. The average Bonchev–Trinajstić information content (AvgIpc) is 2.36. The van der Waals surface area contributed by atoms with Gasteiger partial charge in [0.1, 0.15) is 5.78 Å². The second-order valence-corrected chi connectivity index (χ2v) is 7.36. The normalized spacial score (nSPS) is 22.4. The lowest BCUT2D eigenvalue weighted by Crippen LogP contribution is -2.58. The maximum Gasteiger partial charge on any atom is 0.383 e. The van der Waals surface area contributed by atoms with E-state index < -0.39 is 64.4 Å². The first-order valence-corrected chi connectivity index (χ1v) is 8.70. The number of hydrogen-bond acceptors (Lipinski definition) is 4. The van der Waals surface area contributed by atoms with Crippen molar-refractivity contribution in [1.29, 1.82) is 0 Å². The van der Waals surface area contributed by atoms with Gasteiger partial charge in [0.25, 0.3) is 5.91 Å². The summed E-state index contributed by atoms with van der Waals surface area (Å²) in [4.78, 5) is 23.2. The Morgan fingerprint density at radius 3 is 2.38 bits per heavy atom. The maximum absolute atomic E-state index is 13.1. The van der Waals surface area contributed by atoms with Crippen LogP contribution in [0.3, 0.4) is 0 Å². The number of nitrogens with zero attached hydrogens (tertiary/aromatic N) is 1. The zero-order valence-corrected chi connectivity index (χ0v) is 13.0. The molecule has 0 aliphatic carbocycles. The molecule has 1 fully saturated rings. The van der Waals surface area contributed by atoms with Gasteiger partial charge in [-0.15, -0.1) is 0 Å². The molecule has 0 saturated carbocycles. The van der Waals surface area contributed by atoms with E-state index in [1.54, 1.807) is 0 Å². The van der Waals surface area contributed by atoms with Crippen LogP contribution < -0.4 is 0 Å². The zero-order valence-electron chi connectivity index (χ0n) is 10.6. The van der Waals surface area contributed by atoms with Crippen LogP contribution in [0.25, 0.3) is 0 Å². The van der Waals surface area contributed by atoms with E-state index in [9.17, 15) is 35.6 Å². The van der Waals surface area contributed by atoms with Crippen molar-refractivity contribution in [3.8, 4) is 0 Å². The summed E-state index contributed by atoms with van der Waals surface area (Å²) in [5.74, 6) is -8.87. The van der Waals surface area contributed by atoms with E-state index in [4.69, 9.17) is 0 Å². The molecule has 5 nitrogen and oxygen atoms in total. The van der Waals surface area contributed by atoms with Crippen molar-refractivity contribution in [3.05, 3.63) is 0 Å². The van der Waals surface area contributed by atoms with E-state index in [-0.39, 0.29) is 5.33 Å². The number of ketones is 1. The van der Waals surface area contributed by atoms with Crippen LogP contribution >= 0.6 is 15.9 Å². The van der Waals surface area contributed by atoms with E-state index in [1.807, 2.05) is 0 Å². The molecule has 0 bridgehead atoms. The molecule has 1 unspecified atom stereocenters. The molecule has 1 heterocycles. The Bertz CT molecular complexity index is 525. The van der Waals surface area contributed by atoms with Crippen molar-refractivity contribution in [3.63, 3.8) is 0 Å². The topological polar surface area (TPSA) is 71.5 Å². The molecule has 11 heteroatoms. The Balaban J connectivity index is 3.02. The van der Waals surface area contributed by atoms with E-state index in [1.165, 1.54) is 0 Å². The van der Waals surface area contributed by atoms with Gasteiger partial charge in [-0.1, -0.05) is 15.9 Å². The van der Waals surface area contributed by atoms with Gasteiger partial charge in [0.2, 0.25) is 0 Å².